The monoisotopic (exact) mass is 332 g/mol. The number of carboxylic acids is 1. The predicted molar refractivity (Wildman–Crippen MR) is 77.0 cm³/mol. The standard InChI is InChI=1S/C12H16N2O5S2/c1-7-6-20-10(12(16)17)11(7)21(18,19)13-5-4-9(15)14-8-2-3-8/h6,8,13H,2-5H2,1H3,(H,14,15)(H,16,17). The van der Waals surface area contributed by atoms with Gasteiger partial charge in [0, 0.05) is 19.0 Å². The molecule has 0 saturated heterocycles. The molecule has 0 unspecified atom stereocenters. The zero-order valence-corrected chi connectivity index (χ0v) is 13.0. The molecule has 0 spiro atoms. The molecule has 0 bridgehead atoms. The van der Waals surface area contributed by atoms with E-state index in [0.717, 1.165) is 24.2 Å². The fraction of sp³-hybridized carbons (Fsp3) is 0.500. The number of carbonyl (C=O) groups excluding carboxylic acids is 1. The second kappa shape index (κ2) is 6.12. The van der Waals surface area contributed by atoms with Crippen LogP contribution in [0.4, 0.5) is 0 Å². The normalized spacial score (nSPS) is 14.9. The number of amides is 1. The van der Waals surface area contributed by atoms with Gasteiger partial charge in [0.2, 0.25) is 15.9 Å². The van der Waals surface area contributed by atoms with Crippen LogP contribution in [0.15, 0.2) is 10.3 Å². The number of thiophene rings is 1. The van der Waals surface area contributed by atoms with Crippen molar-refractivity contribution in [2.75, 3.05) is 6.54 Å². The molecule has 0 atom stereocenters. The number of carbonyl (C=O) groups is 2. The Kier molecular flexibility index (Phi) is 4.64. The Morgan fingerprint density at radius 2 is 2.10 bits per heavy atom. The first-order valence-electron chi connectivity index (χ1n) is 6.41. The van der Waals surface area contributed by atoms with Crippen molar-refractivity contribution in [3.8, 4) is 0 Å². The smallest absolute Gasteiger partial charge is 0.347 e. The van der Waals surface area contributed by atoms with E-state index < -0.39 is 16.0 Å². The van der Waals surface area contributed by atoms with Crippen molar-refractivity contribution in [3.05, 3.63) is 15.8 Å². The van der Waals surface area contributed by atoms with Crippen LogP contribution in [0.2, 0.25) is 0 Å². The van der Waals surface area contributed by atoms with Crippen LogP contribution in [0.25, 0.3) is 0 Å². The van der Waals surface area contributed by atoms with E-state index in [0.29, 0.717) is 5.56 Å². The first-order chi connectivity index (χ1) is 9.81. The number of aromatic carboxylic acids is 1. The first-order valence-corrected chi connectivity index (χ1v) is 8.78. The van der Waals surface area contributed by atoms with E-state index in [1.165, 1.54) is 12.3 Å². The predicted octanol–water partition coefficient (Wildman–Crippen LogP) is 0.702. The maximum absolute atomic E-state index is 12.2. The Morgan fingerprint density at radius 1 is 1.43 bits per heavy atom. The summed E-state index contributed by atoms with van der Waals surface area (Å²) in [5.74, 6) is -1.49. The van der Waals surface area contributed by atoms with Crippen LogP contribution in [0.5, 0.6) is 0 Å². The van der Waals surface area contributed by atoms with E-state index in [1.54, 1.807) is 0 Å². The number of nitrogens with one attached hydrogen (secondary N) is 2. The molecule has 2 rings (SSSR count). The largest absolute Gasteiger partial charge is 0.477 e. The lowest BCUT2D eigenvalue weighted by molar-refractivity contribution is -0.121. The minimum atomic E-state index is -3.93. The highest BCUT2D eigenvalue weighted by molar-refractivity contribution is 7.89. The third kappa shape index (κ3) is 4.02. The van der Waals surface area contributed by atoms with Crippen LogP contribution in [0, 0.1) is 6.92 Å². The molecular formula is C12H16N2O5S2. The summed E-state index contributed by atoms with van der Waals surface area (Å²) < 4.78 is 26.6. The Balaban J connectivity index is 1.99. The highest BCUT2D eigenvalue weighted by Crippen LogP contribution is 2.26. The molecule has 0 aliphatic heterocycles. The summed E-state index contributed by atoms with van der Waals surface area (Å²) >= 11 is 0.870. The first kappa shape index (κ1) is 15.9. The van der Waals surface area contributed by atoms with Crippen LogP contribution in [-0.4, -0.2) is 38.0 Å². The molecule has 1 amide bonds. The molecule has 21 heavy (non-hydrogen) atoms. The van der Waals surface area contributed by atoms with E-state index in [4.69, 9.17) is 5.11 Å². The zero-order valence-electron chi connectivity index (χ0n) is 11.4. The summed E-state index contributed by atoms with van der Waals surface area (Å²) in [6.07, 6.45) is 1.96. The summed E-state index contributed by atoms with van der Waals surface area (Å²) in [6.45, 7) is 1.48. The van der Waals surface area contributed by atoms with Gasteiger partial charge in [-0.15, -0.1) is 11.3 Å². The summed E-state index contributed by atoms with van der Waals surface area (Å²) in [5.41, 5.74) is 0.382. The minimum Gasteiger partial charge on any atom is -0.477 e. The van der Waals surface area contributed by atoms with Crippen LogP contribution >= 0.6 is 11.3 Å². The average molecular weight is 332 g/mol. The third-order valence-electron chi connectivity index (χ3n) is 2.97. The summed E-state index contributed by atoms with van der Waals surface area (Å²) in [5, 5.41) is 13.3. The molecule has 1 saturated carbocycles. The van der Waals surface area contributed by atoms with Gasteiger partial charge in [-0.1, -0.05) is 0 Å². The zero-order chi connectivity index (χ0) is 15.6. The maximum Gasteiger partial charge on any atom is 0.347 e. The van der Waals surface area contributed by atoms with Gasteiger partial charge in [0.15, 0.2) is 0 Å². The Hall–Kier alpha value is -1.45. The van der Waals surface area contributed by atoms with Gasteiger partial charge in [-0.25, -0.2) is 17.9 Å². The highest BCUT2D eigenvalue weighted by atomic mass is 32.2. The molecule has 116 valence electrons. The topological polar surface area (TPSA) is 113 Å². The highest BCUT2D eigenvalue weighted by Gasteiger charge is 2.27. The van der Waals surface area contributed by atoms with Crippen molar-refractivity contribution in [3.63, 3.8) is 0 Å². The van der Waals surface area contributed by atoms with Gasteiger partial charge >= 0.3 is 5.97 Å². The third-order valence-corrected chi connectivity index (χ3v) is 5.83. The molecule has 1 fully saturated rings. The molecular weight excluding hydrogens is 316 g/mol. The van der Waals surface area contributed by atoms with Crippen LogP contribution in [0.1, 0.15) is 34.5 Å². The van der Waals surface area contributed by atoms with Gasteiger partial charge in [0.25, 0.3) is 0 Å². The maximum atomic E-state index is 12.2. The van der Waals surface area contributed by atoms with Gasteiger partial charge < -0.3 is 10.4 Å². The molecule has 3 N–H and O–H groups in total. The van der Waals surface area contributed by atoms with Gasteiger partial charge in [-0.2, -0.15) is 0 Å². The molecule has 1 aromatic rings. The van der Waals surface area contributed by atoms with Gasteiger partial charge in [-0.05, 0) is 30.7 Å². The lowest BCUT2D eigenvalue weighted by atomic mass is 10.3. The van der Waals surface area contributed by atoms with Crippen molar-refractivity contribution in [2.45, 2.75) is 37.1 Å². The van der Waals surface area contributed by atoms with E-state index in [9.17, 15) is 18.0 Å². The van der Waals surface area contributed by atoms with E-state index in [1.807, 2.05) is 0 Å². The number of hydrogen-bond acceptors (Lipinski definition) is 5. The number of sulfonamides is 1. The fourth-order valence-electron chi connectivity index (χ4n) is 1.81. The fourth-order valence-corrected chi connectivity index (χ4v) is 4.47. The van der Waals surface area contributed by atoms with Crippen molar-refractivity contribution in [1.29, 1.82) is 0 Å². The van der Waals surface area contributed by atoms with E-state index >= 15 is 0 Å². The molecule has 0 aromatic carbocycles. The van der Waals surface area contributed by atoms with Crippen LogP contribution in [0.3, 0.4) is 0 Å². The Labute approximate surface area is 126 Å². The Morgan fingerprint density at radius 3 is 2.67 bits per heavy atom. The van der Waals surface area contributed by atoms with Crippen molar-refractivity contribution < 1.29 is 23.1 Å². The molecule has 1 aromatic heterocycles. The Bertz CT molecular complexity index is 661. The van der Waals surface area contributed by atoms with Crippen LogP contribution < -0.4 is 10.0 Å². The SMILES string of the molecule is Cc1csc(C(=O)O)c1S(=O)(=O)NCCC(=O)NC1CC1. The molecule has 1 heterocycles. The van der Waals surface area contributed by atoms with Crippen molar-refractivity contribution in [1.82, 2.24) is 10.0 Å². The van der Waals surface area contributed by atoms with Gasteiger partial charge in [-0.3, -0.25) is 4.79 Å². The average Bonchev–Trinajstić information content (AvgIpc) is 3.07. The van der Waals surface area contributed by atoms with Gasteiger partial charge in [0.05, 0.1) is 0 Å². The lowest BCUT2D eigenvalue weighted by Crippen LogP contribution is -2.32. The molecule has 1 aliphatic rings. The van der Waals surface area contributed by atoms with Crippen molar-refractivity contribution in [2.24, 2.45) is 0 Å². The van der Waals surface area contributed by atoms with Crippen molar-refractivity contribution >= 4 is 33.2 Å². The lowest BCUT2D eigenvalue weighted by Gasteiger charge is -2.08. The summed E-state index contributed by atoms with van der Waals surface area (Å²) in [4.78, 5) is 22.1. The molecule has 1 aliphatic carbocycles. The number of hydrogen-bond donors (Lipinski definition) is 3. The number of rotatable bonds is 7. The van der Waals surface area contributed by atoms with Gasteiger partial charge in [0.1, 0.15) is 9.77 Å². The summed E-state index contributed by atoms with van der Waals surface area (Å²) in [6, 6.07) is 0.229. The molecule has 9 heteroatoms. The second-order valence-corrected chi connectivity index (χ2v) is 7.46. The number of aryl methyl sites for hydroxylation is 1. The summed E-state index contributed by atoms with van der Waals surface area (Å²) in [7, 11) is -3.93. The second-order valence-electron chi connectivity index (χ2n) is 4.87. The quantitative estimate of drug-likeness (QED) is 0.680. The minimum absolute atomic E-state index is 0.0291. The van der Waals surface area contributed by atoms with E-state index in [2.05, 4.69) is 10.0 Å². The molecule has 0 radical (unpaired) electrons. The van der Waals surface area contributed by atoms with E-state index in [-0.39, 0.29) is 34.7 Å². The number of carboxylic acid groups (broad SMARTS) is 1. The molecule has 7 nitrogen and oxygen atoms in total. The van der Waals surface area contributed by atoms with Crippen LogP contribution in [-0.2, 0) is 14.8 Å².